The van der Waals surface area contributed by atoms with Gasteiger partial charge in [-0.2, -0.15) is 0 Å². The lowest BCUT2D eigenvalue weighted by Crippen LogP contribution is -2.19. The van der Waals surface area contributed by atoms with Crippen molar-refractivity contribution in [2.45, 2.75) is 51.4 Å². The Morgan fingerprint density at radius 1 is 0.414 bits per heavy atom. The Morgan fingerprint density at radius 2 is 0.810 bits per heavy atom. The number of hydrogen-bond donors (Lipinski definition) is 0. The molecule has 2 heteroatoms. The highest BCUT2D eigenvalue weighted by Gasteiger charge is 2.44. The molecule has 0 aromatic heterocycles. The second-order valence-electron chi connectivity index (χ2n) is 17.2. The summed E-state index contributed by atoms with van der Waals surface area (Å²) < 4.78 is 0. The fraction of sp³-hybridized carbons (Fsp3) is 0.143. The van der Waals surface area contributed by atoms with Gasteiger partial charge in [-0.05, 0) is 135 Å². The molecule has 0 radical (unpaired) electrons. The highest BCUT2D eigenvalue weighted by molar-refractivity contribution is 6.10. The number of anilines is 5. The van der Waals surface area contributed by atoms with Crippen LogP contribution in [-0.2, 0) is 10.8 Å². The maximum atomic E-state index is 2.58. The zero-order valence-corrected chi connectivity index (χ0v) is 33.6. The molecule has 0 heterocycles. The number of nitrogens with zero attached hydrogens (tertiary/aromatic N) is 2. The smallest absolute Gasteiger partial charge is 0.0546 e. The Morgan fingerprint density at radius 3 is 1.24 bits per heavy atom. The summed E-state index contributed by atoms with van der Waals surface area (Å²) in [6, 6.07) is 60.9. The van der Waals surface area contributed by atoms with Gasteiger partial charge in [-0.1, -0.05) is 143 Å². The Hall–Kier alpha value is -6.64. The van der Waals surface area contributed by atoms with E-state index in [1.54, 1.807) is 0 Å². The maximum absolute atomic E-state index is 2.58. The Balaban J connectivity index is 1.17. The van der Waals surface area contributed by atoms with Crippen molar-refractivity contribution in [3.05, 3.63) is 210 Å². The third-order valence-electron chi connectivity index (χ3n) is 13.2. The quantitative estimate of drug-likeness (QED) is 0.167. The van der Waals surface area contributed by atoms with E-state index in [0.29, 0.717) is 0 Å². The third kappa shape index (κ3) is 5.04. The van der Waals surface area contributed by atoms with Gasteiger partial charge >= 0.3 is 0 Å². The molecule has 0 bridgehead atoms. The molecule has 0 saturated heterocycles. The summed E-state index contributed by atoms with van der Waals surface area (Å²) in [5.74, 6) is 0. The van der Waals surface area contributed by atoms with Crippen molar-refractivity contribution in [1.29, 1.82) is 0 Å². The molecule has 0 saturated carbocycles. The zero-order chi connectivity index (χ0) is 39.2. The number of hydrogen-bond acceptors (Lipinski definition) is 2. The largest absolute Gasteiger partial charge is 0.314 e. The van der Waals surface area contributed by atoms with E-state index in [4.69, 9.17) is 0 Å². The van der Waals surface area contributed by atoms with E-state index in [1.165, 1.54) is 88.8 Å². The molecule has 3 aliphatic carbocycles. The Bertz CT molecular complexity index is 2950. The molecule has 0 unspecified atom stereocenters. The molecule has 0 fully saturated rings. The molecule has 0 aliphatic heterocycles. The van der Waals surface area contributed by atoms with Crippen molar-refractivity contribution in [3.63, 3.8) is 0 Å². The predicted molar refractivity (Wildman–Crippen MR) is 246 cm³/mol. The van der Waals surface area contributed by atoms with E-state index in [9.17, 15) is 0 Å². The van der Waals surface area contributed by atoms with E-state index < -0.39 is 0 Å². The van der Waals surface area contributed by atoms with E-state index in [2.05, 4.69) is 220 Å². The molecule has 3 aliphatic rings. The van der Waals surface area contributed by atoms with Crippen LogP contribution in [-0.4, -0.2) is 0 Å². The molecule has 11 rings (SSSR count). The molecule has 58 heavy (non-hydrogen) atoms. The van der Waals surface area contributed by atoms with Gasteiger partial charge in [0.2, 0.25) is 0 Å². The van der Waals surface area contributed by atoms with Crippen LogP contribution in [0.2, 0.25) is 0 Å². The summed E-state index contributed by atoms with van der Waals surface area (Å²) in [4.78, 5) is 4.95. The lowest BCUT2D eigenvalue weighted by Gasteiger charge is -2.31. The minimum absolute atomic E-state index is 0.213. The average molecular weight is 747 g/mol. The van der Waals surface area contributed by atoms with Crippen LogP contribution in [0.1, 0.15) is 62.8 Å². The molecule has 280 valence electrons. The van der Waals surface area contributed by atoms with Gasteiger partial charge in [-0.15, -0.1) is 0 Å². The SMILES string of the molecule is CC1(C)c2cc3c(cc2-c2cc(N(C4=CC=CCC4)c4ccccc4)c4ccccc4c21)C(C)(C)c1c-3cc(N(c2ccccc2)c2ccccc2)c2ccccc12. The Kier molecular flexibility index (Phi) is 7.72. The minimum atomic E-state index is -0.218. The summed E-state index contributed by atoms with van der Waals surface area (Å²) in [7, 11) is 0. The summed E-state index contributed by atoms with van der Waals surface area (Å²) in [5.41, 5.74) is 17.8. The fourth-order valence-corrected chi connectivity index (χ4v) is 10.6. The normalized spacial score (nSPS) is 15.4. The fourth-order valence-electron chi connectivity index (χ4n) is 10.6. The molecular formula is C56H46N2. The topological polar surface area (TPSA) is 6.48 Å². The van der Waals surface area contributed by atoms with Crippen molar-refractivity contribution in [1.82, 2.24) is 0 Å². The van der Waals surface area contributed by atoms with E-state index in [-0.39, 0.29) is 10.8 Å². The monoisotopic (exact) mass is 746 g/mol. The molecule has 0 N–H and O–H groups in total. The molecule has 0 spiro atoms. The van der Waals surface area contributed by atoms with Crippen LogP contribution < -0.4 is 9.80 Å². The number of para-hydroxylation sites is 3. The van der Waals surface area contributed by atoms with Crippen LogP contribution in [0, 0.1) is 0 Å². The first-order valence-corrected chi connectivity index (χ1v) is 20.8. The van der Waals surface area contributed by atoms with Crippen LogP contribution >= 0.6 is 0 Å². The lowest BCUT2D eigenvalue weighted by molar-refractivity contribution is 0.657. The second-order valence-corrected chi connectivity index (χ2v) is 17.2. The van der Waals surface area contributed by atoms with Gasteiger partial charge in [0.05, 0.1) is 11.4 Å². The average Bonchev–Trinajstić information content (AvgIpc) is 3.63. The van der Waals surface area contributed by atoms with Crippen LogP contribution in [0.5, 0.6) is 0 Å². The molecule has 0 amide bonds. The van der Waals surface area contributed by atoms with Crippen molar-refractivity contribution in [2.75, 3.05) is 9.80 Å². The van der Waals surface area contributed by atoms with Gasteiger partial charge in [-0.25, -0.2) is 0 Å². The van der Waals surface area contributed by atoms with Gasteiger partial charge in [0.25, 0.3) is 0 Å². The van der Waals surface area contributed by atoms with E-state index in [0.717, 1.165) is 24.2 Å². The van der Waals surface area contributed by atoms with Crippen molar-refractivity contribution in [2.24, 2.45) is 0 Å². The van der Waals surface area contributed by atoms with Gasteiger partial charge in [0, 0.05) is 44.4 Å². The molecule has 8 aromatic rings. The highest BCUT2D eigenvalue weighted by atomic mass is 15.2. The predicted octanol–water partition coefficient (Wildman–Crippen LogP) is 15.4. The van der Waals surface area contributed by atoms with Crippen LogP contribution in [0.25, 0.3) is 43.8 Å². The molecule has 2 nitrogen and oxygen atoms in total. The van der Waals surface area contributed by atoms with Crippen LogP contribution in [0.3, 0.4) is 0 Å². The standard InChI is InChI=1S/C56H46N2/c1-55(2)49-33-46-48-36-52(58(39-25-13-7-14-26-39)40-27-15-8-16-28-40)42-30-18-20-32-44(42)54(48)56(3,4)50(46)34-45(49)47-35-51(41-29-17-19-31-43(41)53(47)55)57(37-21-9-5-10-22-37)38-23-11-6-12-24-38/h5-15,17-27,29-36H,16,28H2,1-4H3. The van der Waals surface area contributed by atoms with Crippen molar-refractivity contribution < 1.29 is 0 Å². The van der Waals surface area contributed by atoms with Crippen LogP contribution in [0.15, 0.2) is 188 Å². The molecule has 8 aromatic carbocycles. The first-order valence-electron chi connectivity index (χ1n) is 20.8. The summed E-state index contributed by atoms with van der Waals surface area (Å²) in [5, 5.41) is 5.20. The first kappa shape index (κ1) is 34.6. The van der Waals surface area contributed by atoms with Crippen molar-refractivity contribution >= 4 is 50.0 Å². The maximum Gasteiger partial charge on any atom is 0.0546 e. The number of allylic oxidation sites excluding steroid dienone is 4. The zero-order valence-electron chi connectivity index (χ0n) is 33.6. The van der Waals surface area contributed by atoms with Gasteiger partial charge < -0.3 is 9.80 Å². The summed E-state index contributed by atoms with van der Waals surface area (Å²) in [6.45, 7) is 9.77. The minimum Gasteiger partial charge on any atom is -0.314 e. The molecular weight excluding hydrogens is 701 g/mol. The van der Waals surface area contributed by atoms with Gasteiger partial charge in [0.15, 0.2) is 0 Å². The van der Waals surface area contributed by atoms with E-state index in [1.807, 2.05) is 0 Å². The number of benzene rings is 8. The highest BCUT2D eigenvalue weighted by Crippen LogP contribution is 2.60. The van der Waals surface area contributed by atoms with E-state index >= 15 is 0 Å². The number of fused-ring (bicyclic) bond motifs is 10. The summed E-state index contributed by atoms with van der Waals surface area (Å²) >= 11 is 0. The first-order chi connectivity index (χ1) is 28.3. The summed E-state index contributed by atoms with van der Waals surface area (Å²) in [6.07, 6.45) is 8.85. The third-order valence-corrected chi connectivity index (χ3v) is 13.2. The van der Waals surface area contributed by atoms with Gasteiger partial charge in [0.1, 0.15) is 0 Å². The number of rotatable bonds is 6. The Labute approximate surface area is 342 Å². The molecule has 0 atom stereocenters. The van der Waals surface area contributed by atoms with Gasteiger partial charge in [-0.3, -0.25) is 0 Å². The second kappa shape index (κ2) is 12.9. The lowest BCUT2D eigenvalue weighted by atomic mass is 9.78. The van der Waals surface area contributed by atoms with Crippen LogP contribution in [0.4, 0.5) is 28.4 Å². The van der Waals surface area contributed by atoms with Crippen molar-refractivity contribution in [3.8, 4) is 22.3 Å².